The first-order valence-electron chi connectivity index (χ1n) is 4.50. The Kier molecular flexibility index (Phi) is 2.03. The van der Waals surface area contributed by atoms with Gasteiger partial charge < -0.3 is 0 Å². The lowest BCUT2D eigenvalue weighted by Crippen LogP contribution is -2.05. The molecule has 16 heavy (non-hydrogen) atoms. The Morgan fingerprint density at radius 2 is 2.12 bits per heavy atom. The molecule has 0 aliphatic rings. The molecule has 8 heteroatoms. The molecular formula is C8H6ClN7. The van der Waals surface area contributed by atoms with Crippen molar-refractivity contribution < 1.29 is 0 Å². The molecule has 0 aliphatic carbocycles. The molecular weight excluding hydrogens is 230 g/mol. The van der Waals surface area contributed by atoms with Gasteiger partial charge >= 0.3 is 0 Å². The summed E-state index contributed by atoms with van der Waals surface area (Å²) in [5, 5.41) is 12.5. The highest BCUT2D eigenvalue weighted by Crippen LogP contribution is 2.12. The Hall–Kier alpha value is -2.02. The number of nitrogens with zero attached hydrogens (tertiary/aromatic N) is 7. The van der Waals surface area contributed by atoms with E-state index in [1.807, 2.05) is 0 Å². The number of hydrogen-bond donors (Lipinski definition) is 0. The van der Waals surface area contributed by atoms with Gasteiger partial charge in [0.05, 0.1) is 12.4 Å². The molecule has 0 bridgehead atoms. The maximum atomic E-state index is 6.02. The lowest BCUT2D eigenvalue weighted by Gasteiger charge is -2.00. The van der Waals surface area contributed by atoms with E-state index in [1.165, 1.54) is 6.33 Å². The van der Waals surface area contributed by atoms with E-state index < -0.39 is 0 Å². The third-order valence-corrected chi connectivity index (χ3v) is 2.38. The summed E-state index contributed by atoms with van der Waals surface area (Å²) in [4.78, 5) is 7.79. The molecule has 0 saturated heterocycles. The Balaban J connectivity index is 2.10. The number of aromatic nitrogens is 7. The van der Waals surface area contributed by atoms with Gasteiger partial charge in [-0.2, -0.15) is 5.10 Å². The fourth-order valence-electron chi connectivity index (χ4n) is 1.43. The quantitative estimate of drug-likeness (QED) is 0.644. The highest BCUT2D eigenvalue weighted by molar-refractivity contribution is 6.29. The largest absolute Gasteiger partial charge is 0.265 e. The topological polar surface area (TPSA) is 73.8 Å². The van der Waals surface area contributed by atoms with Crippen LogP contribution in [0.25, 0.3) is 5.65 Å². The molecule has 3 aromatic rings. The molecule has 0 aliphatic heterocycles. The van der Waals surface area contributed by atoms with E-state index in [2.05, 4.69) is 25.3 Å². The molecule has 0 atom stereocenters. The summed E-state index contributed by atoms with van der Waals surface area (Å²) in [6.45, 7) is 0.463. The minimum absolute atomic E-state index is 0.463. The molecule has 0 aromatic carbocycles. The van der Waals surface area contributed by atoms with Gasteiger partial charge in [-0.15, -0.1) is 10.2 Å². The molecule has 3 heterocycles. The minimum Gasteiger partial charge on any atom is -0.265 e. The summed E-state index contributed by atoms with van der Waals surface area (Å²) in [5.41, 5.74) is 0.614. The summed E-state index contributed by atoms with van der Waals surface area (Å²) < 4.78 is 3.36. The summed E-state index contributed by atoms with van der Waals surface area (Å²) in [6, 6.07) is 0. The highest BCUT2D eigenvalue weighted by atomic mass is 35.5. The zero-order valence-electron chi connectivity index (χ0n) is 8.02. The molecule has 80 valence electrons. The molecule has 0 unspecified atom stereocenters. The standard InChI is InChI=1S/C8H6ClN7/c9-6-1-10-2-7-13-14-8(16(6)7)3-15-5-11-4-12-15/h1-2,4-5H,3H2. The zero-order chi connectivity index (χ0) is 11.0. The predicted octanol–water partition coefficient (Wildman–Crippen LogP) is 0.417. The van der Waals surface area contributed by atoms with Crippen molar-refractivity contribution in [1.29, 1.82) is 0 Å². The molecule has 0 fully saturated rings. The lowest BCUT2D eigenvalue weighted by atomic mass is 10.5. The Labute approximate surface area is 94.7 Å². The number of rotatable bonds is 2. The van der Waals surface area contributed by atoms with Gasteiger partial charge in [0.1, 0.15) is 24.4 Å². The molecule has 0 saturated carbocycles. The smallest absolute Gasteiger partial charge is 0.180 e. The van der Waals surface area contributed by atoms with Crippen molar-refractivity contribution in [3.05, 3.63) is 36.0 Å². The van der Waals surface area contributed by atoms with E-state index in [9.17, 15) is 0 Å². The van der Waals surface area contributed by atoms with Crippen LogP contribution < -0.4 is 0 Å². The van der Waals surface area contributed by atoms with Crippen LogP contribution in [-0.4, -0.2) is 34.3 Å². The van der Waals surface area contributed by atoms with E-state index in [0.717, 1.165) is 0 Å². The molecule has 0 spiro atoms. The lowest BCUT2D eigenvalue weighted by molar-refractivity contribution is 0.647. The molecule has 0 radical (unpaired) electrons. The average Bonchev–Trinajstić information content (AvgIpc) is 2.90. The Morgan fingerprint density at radius 1 is 1.19 bits per heavy atom. The molecule has 3 rings (SSSR count). The van der Waals surface area contributed by atoms with Crippen LogP contribution in [0.4, 0.5) is 0 Å². The van der Waals surface area contributed by atoms with Crippen LogP contribution in [0.2, 0.25) is 5.15 Å². The SMILES string of the molecule is Clc1cncc2nnc(Cn3cncn3)n12. The monoisotopic (exact) mass is 235 g/mol. The first-order chi connectivity index (χ1) is 7.84. The van der Waals surface area contributed by atoms with Crippen molar-refractivity contribution >= 4 is 17.2 Å². The second kappa shape index (κ2) is 3.53. The molecule has 3 aromatic heterocycles. The van der Waals surface area contributed by atoms with Crippen LogP contribution in [0.1, 0.15) is 5.82 Å². The van der Waals surface area contributed by atoms with Crippen LogP contribution in [0.3, 0.4) is 0 Å². The van der Waals surface area contributed by atoms with Gasteiger partial charge in [0.25, 0.3) is 0 Å². The first kappa shape index (κ1) is 9.22. The summed E-state index contributed by atoms with van der Waals surface area (Å²) in [6.07, 6.45) is 6.22. The summed E-state index contributed by atoms with van der Waals surface area (Å²) >= 11 is 6.02. The first-order valence-corrected chi connectivity index (χ1v) is 4.88. The van der Waals surface area contributed by atoms with Gasteiger partial charge in [0.2, 0.25) is 0 Å². The Morgan fingerprint density at radius 3 is 2.94 bits per heavy atom. The minimum atomic E-state index is 0.463. The number of hydrogen-bond acceptors (Lipinski definition) is 5. The maximum Gasteiger partial charge on any atom is 0.180 e. The molecule has 0 N–H and O–H groups in total. The van der Waals surface area contributed by atoms with Crippen molar-refractivity contribution in [3.63, 3.8) is 0 Å². The summed E-state index contributed by atoms with van der Waals surface area (Å²) in [7, 11) is 0. The van der Waals surface area contributed by atoms with Gasteiger partial charge in [-0.05, 0) is 0 Å². The highest BCUT2D eigenvalue weighted by Gasteiger charge is 2.09. The van der Waals surface area contributed by atoms with Crippen molar-refractivity contribution in [2.24, 2.45) is 0 Å². The second-order valence-electron chi connectivity index (χ2n) is 3.13. The van der Waals surface area contributed by atoms with E-state index in [1.54, 1.807) is 27.8 Å². The van der Waals surface area contributed by atoms with E-state index in [4.69, 9.17) is 11.6 Å². The van der Waals surface area contributed by atoms with Gasteiger partial charge in [0.15, 0.2) is 11.5 Å². The van der Waals surface area contributed by atoms with Crippen molar-refractivity contribution in [2.75, 3.05) is 0 Å². The summed E-state index contributed by atoms with van der Waals surface area (Å²) in [5.74, 6) is 0.688. The zero-order valence-corrected chi connectivity index (χ0v) is 8.78. The van der Waals surface area contributed by atoms with Crippen molar-refractivity contribution in [1.82, 2.24) is 34.3 Å². The fourth-order valence-corrected chi connectivity index (χ4v) is 1.67. The second-order valence-corrected chi connectivity index (χ2v) is 3.52. The van der Waals surface area contributed by atoms with Crippen molar-refractivity contribution in [2.45, 2.75) is 6.54 Å². The van der Waals surface area contributed by atoms with Crippen LogP contribution in [-0.2, 0) is 6.54 Å². The van der Waals surface area contributed by atoms with Crippen LogP contribution in [0.5, 0.6) is 0 Å². The number of fused-ring (bicyclic) bond motifs is 1. The maximum absolute atomic E-state index is 6.02. The normalized spacial score (nSPS) is 11.1. The van der Waals surface area contributed by atoms with Gasteiger partial charge in [0, 0.05) is 0 Å². The third kappa shape index (κ3) is 1.41. The molecule has 7 nitrogen and oxygen atoms in total. The van der Waals surface area contributed by atoms with Crippen molar-refractivity contribution in [3.8, 4) is 0 Å². The van der Waals surface area contributed by atoms with Gasteiger partial charge in [-0.3, -0.25) is 9.38 Å². The Bertz CT molecular complexity index is 614. The van der Waals surface area contributed by atoms with Crippen LogP contribution >= 0.6 is 11.6 Å². The average molecular weight is 236 g/mol. The van der Waals surface area contributed by atoms with Gasteiger partial charge in [-0.1, -0.05) is 11.6 Å². The van der Waals surface area contributed by atoms with Gasteiger partial charge in [-0.25, -0.2) is 9.67 Å². The third-order valence-electron chi connectivity index (χ3n) is 2.11. The fraction of sp³-hybridized carbons (Fsp3) is 0.125. The molecule has 0 amide bonds. The van der Waals surface area contributed by atoms with E-state index in [-0.39, 0.29) is 0 Å². The predicted molar refractivity (Wildman–Crippen MR) is 54.9 cm³/mol. The van der Waals surface area contributed by atoms with E-state index >= 15 is 0 Å². The number of halogens is 1. The van der Waals surface area contributed by atoms with Crippen LogP contribution in [0, 0.1) is 0 Å². The van der Waals surface area contributed by atoms with E-state index in [0.29, 0.717) is 23.2 Å². The van der Waals surface area contributed by atoms with Crippen LogP contribution in [0.15, 0.2) is 25.0 Å².